The smallest absolute Gasteiger partial charge is 0.271 e. The molecule has 11 nitrogen and oxygen atoms in total. The van der Waals surface area contributed by atoms with Gasteiger partial charge in [0.15, 0.2) is 0 Å². The van der Waals surface area contributed by atoms with Crippen molar-refractivity contribution in [3.63, 3.8) is 0 Å². The summed E-state index contributed by atoms with van der Waals surface area (Å²) in [6.07, 6.45) is -1.08. The van der Waals surface area contributed by atoms with Crippen LogP contribution in [0.15, 0.2) is 41.1 Å². The van der Waals surface area contributed by atoms with Crippen LogP contribution < -0.4 is 21.3 Å². The van der Waals surface area contributed by atoms with Crippen LogP contribution in [0.4, 0.5) is 0 Å². The summed E-state index contributed by atoms with van der Waals surface area (Å²) in [5.41, 5.74) is 1.06. The molecule has 4 bridgehead atoms. The van der Waals surface area contributed by atoms with Gasteiger partial charge in [-0.15, -0.1) is 22.7 Å². The van der Waals surface area contributed by atoms with Gasteiger partial charge in [0, 0.05) is 17.2 Å². The van der Waals surface area contributed by atoms with Gasteiger partial charge >= 0.3 is 0 Å². The van der Waals surface area contributed by atoms with Gasteiger partial charge in [0.2, 0.25) is 11.8 Å². The second-order valence-electron chi connectivity index (χ2n) is 9.01. The van der Waals surface area contributed by atoms with Crippen molar-refractivity contribution < 1.29 is 24.3 Å². The summed E-state index contributed by atoms with van der Waals surface area (Å²) in [6.45, 7) is 4.82. The Kier molecular flexibility index (Phi) is 8.49. The highest BCUT2D eigenvalue weighted by Gasteiger charge is 2.32. The van der Waals surface area contributed by atoms with Crippen molar-refractivity contribution in [1.29, 1.82) is 0 Å². The summed E-state index contributed by atoms with van der Waals surface area (Å²) in [5, 5.41) is 25.3. The number of fused-ring (bicyclic) bond motifs is 4. The van der Waals surface area contributed by atoms with Gasteiger partial charge in [-0.1, -0.05) is 30.3 Å². The largest absolute Gasteiger partial charge is 0.391 e. The summed E-state index contributed by atoms with van der Waals surface area (Å²) in [6, 6.07) is 5.66. The molecule has 13 heteroatoms. The van der Waals surface area contributed by atoms with Crippen LogP contribution in [-0.2, 0) is 16.0 Å². The average Bonchev–Trinajstić information content (AvgIpc) is 3.57. The van der Waals surface area contributed by atoms with Crippen molar-refractivity contribution in [3.8, 4) is 0 Å². The van der Waals surface area contributed by atoms with Crippen molar-refractivity contribution in [2.24, 2.45) is 0 Å². The molecule has 1 aliphatic heterocycles. The monoisotopic (exact) mass is 556 g/mol. The number of aromatic nitrogens is 2. The number of nitrogens with one attached hydrogen (secondary N) is 4. The number of carbonyl (C=O) groups is 4. The molecule has 0 saturated carbocycles. The molecule has 0 aliphatic carbocycles. The molecule has 38 heavy (non-hydrogen) atoms. The van der Waals surface area contributed by atoms with Gasteiger partial charge in [0.05, 0.1) is 18.2 Å². The van der Waals surface area contributed by atoms with Gasteiger partial charge in [-0.25, -0.2) is 9.97 Å². The summed E-state index contributed by atoms with van der Waals surface area (Å²) in [7, 11) is 0. The maximum absolute atomic E-state index is 13.4. The Morgan fingerprint density at radius 1 is 0.816 bits per heavy atom. The average molecular weight is 557 g/mol. The fourth-order valence-corrected chi connectivity index (χ4v) is 5.44. The zero-order valence-corrected chi connectivity index (χ0v) is 22.6. The zero-order chi connectivity index (χ0) is 27.4. The van der Waals surface area contributed by atoms with Crippen LogP contribution in [0.3, 0.4) is 0 Å². The molecule has 0 saturated heterocycles. The molecule has 200 valence electrons. The quantitative estimate of drug-likeness (QED) is 0.326. The standard InChI is InChI=1S/C25H28N6O5S2/c1-12-24-30-18(11-38-24)22(35)28-16(9-15-7-5-4-6-8-15)20(33)31-19(14(3)32)23(36)27-13(2)25-29-17(10-37-25)21(34)26-12/h4-8,10-14,16,19,32H,9H2,1-3H3,(H,26,34)(H,27,36)(H,28,35)(H,31,33)/t12?,13?,14?,16-,19-/m0/s1. The number of amides is 4. The molecule has 0 spiro atoms. The van der Waals surface area contributed by atoms with E-state index >= 15 is 0 Å². The second-order valence-corrected chi connectivity index (χ2v) is 10.8. The maximum Gasteiger partial charge on any atom is 0.271 e. The SMILES string of the molecule is CC1NC(=O)c2csc(n2)C(C)NC(=O)[C@H](C(C)O)NC(=O)[C@H](Cc2ccccc2)NC(=O)c2csc1n2. The minimum absolute atomic E-state index is 0.0904. The van der Waals surface area contributed by atoms with E-state index in [2.05, 4.69) is 31.2 Å². The number of carbonyl (C=O) groups excluding carboxylic acids is 4. The summed E-state index contributed by atoms with van der Waals surface area (Å²) in [4.78, 5) is 61.0. The first-order valence-electron chi connectivity index (χ1n) is 12.0. The fraction of sp³-hybridized carbons (Fsp3) is 0.360. The third-order valence-electron chi connectivity index (χ3n) is 5.92. The third-order valence-corrected chi connectivity index (χ3v) is 7.98. The number of hydrogen-bond acceptors (Lipinski definition) is 9. The van der Waals surface area contributed by atoms with E-state index in [0.717, 1.165) is 5.56 Å². The Balaban J connectivity index is 1.68. The lowest BCUT2D eigenvalue weighted by Crippen LogP contribution is -2.57. The molecule has 3 heterocycles. The van der Waals surface area contributed by atoms with Crippen LogP contribution >= 0.6 is 22.7 Å². The van der Waals surface area contributed by atoms with E-state index in [9.17, 15) is 24.3 Å². The third kappa shape index (κ3) is 6.41. The van der Waals surface area contributed by atoms with Crippen LogP contribution in [-0.4, -0.2) is 56.9 Å². The predicted molar refractivity (Wildman–Crippen MR) is 142 cm³/mol. The Labute approximate surface area is 227 Å². The van der Waals surface area contributed by atoms with Crippen LogP contribution in [0.1, 0.15) is 69.4 Å². The molecule has 5 N–H and O–H groups in total. The topological polar surface area (TPSA) is 162 Å². The molecule has 1 aliphatic rings. The van der Waals surface area contributed by atoms with E-state index in [-0.39, 0.29) is 17.8 Å². The van der Waals surface area contributed by atoms with Crippen LogP contribution in [0.5, 0.6) is 0 Å². The first-order valence-corrected chi connectivity index (χ1v) is 13.7. The summed E-state index contributed by atoms with van der Waals surface area (Å²) >= 11 is 2.41. The Morgan fingerprint density at radius 3 is 1.95 bits per heavy atom. The van der Waals surface area contributed by atoms with Crippen LogP contribution in [0.25, 0.3) is 0 Å². The molecule has 1 aromatic carbocycles. The highest BCUT2D eigenvalue weighted by molar-refractivity contribution is 7.10. The first kappa shape index (κ1) is 27.4. The van der Waals surface area contributed by atoms with Gasteiger partial charge in [-0.2, -0.15) is 0 Å². The first-order chi connectivity index (χ1) is 18.1. The molecule has 0 radical (unpaired) electrons. The zero-order valence-electron chi connectivity index (χ0n) is 20.9. The van der Waals surface area contributed by atoms with Gasteiger partial charge in [-0.05, 0) is 26.3 Å². The van der Waals surface area contributed by atoms with Crippen LogP contribution in [0.2, 0.25) is 0 Å². The van der Waals surface area contributed by atoms with Crippen molar-refractivity contribution in [2.45, 2.75) is 57.5 Å². The number of rotatable bonds is 3. The molecule has 3 unspecified atom stereocenters. The fourth-order valence-electron chi connectivity index (χ4n) is 3.83. The molecule has 5 atom stereocenters. The van der Waals surface area contributed by atoms with Crippen molar-refractivity contribution in [1.82, 2.24) is 31.2 Å². The number of nitrogens with zero attached hydrogens (tertiary/aromatic N) is 2. The molecule has 2 aromatic heterocycles. The molecule has 0 fully saturated rings. The Bertz CT molecular complexity index is 1320. The van der Waals surface area contributed by atoms with Crippen LogP contribution in [0, 0.1) is 0 Å². The van der Waals surface area contributed by atoms with Crippen molar-refractivity contribution >= 4 is 46.3 Å². The summed E-state index contributed by atoms with van der Waals surface area (Å²) < 4.78 is 0. The molecule has 4 rings (SSSR count). The van der Waals surface area contributed by atoms with E-state index in [0.29, 0.717) is 10.0 Å². The van der Waals surface area contributed by atoms with Gasteiger partial charge < -0.3 is 26.4 Å². The Hall–Kier alpha value is -3.68. The minimum atomic E-state index is -1.30. The molecular formula is C25H28N6O5S2. The van der Waals surface area contributed by atoms with Gasteiger partial charge in [0.1, 0.15) is 33.5 Å². The summed E-state index contributed by atoms with van der Waals surface area (Å²) in [5.74, 6) is -2.27. The van der Waals surface area contributed by atoms with E-state index in [1.165, 1.54) is 29.6 Å². The highest BCUT2D eigenvalue weighted by Crippen LogP contribution is 2.21. The van der Waals surface area contributed by atoms with E-state index in [1.54, 1.807) is 24.6 Å². The number of aliphatic hydroxyl groups is 1. The lowest BCUT2D eigenvalue weighted by molar-refractivity contribution is -0.132. The highest BCUT2D eigenvalue weighted by atomic mass is 32.1. The van der Waals surface area contributed by atoms with Gasteiger partial charge in [-0.3, -0.25) is 19.2 Å². The lowest BCUT2D eigenvalue weighted by atomic mass is 10.0. The predicted octanol–water partition coefficient (Wildman–Crippen LogP) is 1.49. The van der Waals surface area contributed by atoms with Gasteiger partial charge in [0.25, 0.3) is 11.8 Å². The Morgan fingerprint density at radius 2 is 1.37 bits per heavy atom. The molecule has 3 aromatic rings. The number of benzene rings is 1. The normalized spacial score (nSPS) is 23.8. The lowest BCUT2D eigenvalue weighted by Gasteiger charge is -2.25. The second kappa shape index (κ2) is 11.8. The molecular weight excluding hydrogens is 528 g/mol. The van der Waals surface area contributed by atoms with E-state index in [1.807, 2.05) is 30.3 Å². The number of aliphatic hydroxyl groups excluding tert-OH is 1. The van der Waals surface area contributed by atoms with E-state index in [4.69, 9.17) is 0 Å². The number of thiazole rings is 2. The van der Waals surface area contributed by atoms with Crippen molar-refractivity contribution in [2.75, 3.05) is 0 Å². The van der Waals surface area contributed by atoms with E-state index < -0.39 is 53.9 Å². The number of hydrogen-bond donors (Lipinski definition) is 5. The van der Waals surface area contributed by atoms with Crippen molar-refractivity contribution in [3.05, 3.63) is 68.1 Å². The minimum Gasteiger partial charge on any atom is -0.391 e. The maximum atomic E-state index is 13.4. The molecule has 4 amide bonds.